The number of hydrogen-bond donors (Lipinski definition) is 1. The molecule has 2 aromatic carbocycles. The number of likely N-dealkylation sites (tertiary alicyclic amines) is 1. The average molecular weight is 464 g/mol. The number of unbranched alkanes of at least 4 members (excludes halogenated alkanes) is 1. The van der Waals surface area contributed by atoms with E-state index in [-0.39, 0.29) is 16.7 Å². The minimum atomic E-state index is -0.694. The normalized spacial score (nSPS) is 19.6. The van der Waals surface area contributed by atoms with E-state index in [1.807, 2.05) is 44.2 Å². The van der Waals surface area contributed by atoms with Gasteiger partial charge in [-0.2, -0.15) is 0 Å². The van der Waals surface area contributed by atoms with Crippen LogP contribution in [0.15, 0.2) is 42.0 Å². The van der Waals surface area contributed by atoms with Crippen molar-refractivity contribution >= 4 is 17.4 Å². The molecule has 4 rings (SSSR count). The molecule has 2 heterocycles. The van der Waals surface area contributed by atoms with E-state index in [1.165, 1.54) is 0 Å². The van der Waals surface area contributed by atoms with Gasteiger partial charge in [-0.15, -0.1) is 0 Å². The molecule has 6 nitrogen and oxygen atoms in total. The first-order valence-electron chi connectivity index (χ1n) is 11.9. The fraction of sp³-hybridized carbons (Fsp3) is 0.429. The molecule has 1 N–H and O–H groups in total. The molecule has 2 aliphatic heterocycles. The third kappa shape index (κ3) is 4.29. The Labute approximate surface area is 201 Å². The highest BCUT2D eigenvalue weighted by Crippen LogP contribution is 2.43. The van der Waals surface area contributed by atoms with Gasteiger partial charge in [0.2, 0.25) is 0 Å². The number of fused-ring (bicyclic) bond motifs is 1. The van der Waals surface area contributed by atoms with Gasteiger partial charge in [0.1, 0.15) is 19.0 Å². The highest BCUT2D eigenvalue weighted by Gasteiger charge is 2.46. The maximum absolute atomic E-state index is 13.3. The number of rotatable bonds is 5. The Morgan fingerprint density at radius 1 is 1.06 bits per heavy atom. The van der Waals surface area contributed by atoms with E-state index in [1.54, 1.807) is 11.0 Å². The molecule has 1 atom stereocenters. The minimum Gasteiger partial charge on any atom is -0.507 e. The van der Waals surface area contributed by atoms with Crippen molar-refractivity contribution in [2.45, 2.75) is 58.9 Å². The third-order valence-corrected chi connectivity index (χ3v) is 6.53. The Bertz CT molecular complexity index is 1160. The minimum absolute atomic E-state index is 0.118. The number of aliphatic hydroxyl groups is 1. The molecule has 1 amide bonds. The van der Waals surface area contributed by atoms with Gasteiger partial charge in [-0.3, -0.25) is 9.59 Å². The number of ketones is 1. The topological polar surface area (TPSA) is 76.1 Å². The highest BCUT2D eigenvalue weighted by atomic mass is 16.6. The lowest BCUT2D eigenvalue weighted by Gasteiger charge is -2.27. The number of carbonyl (C=O) groups excluding carboxylic acids is 2. The molecule has 1 fully saturated rings. The first-order chi connectivity index (χ1) is 16.1. The van der Waals surface area contributed by atoms with Crippen LogP contribution in [0.25, 0.3) is 5.76 Å². The zero-order chi connectivity index (χ0) is 24.6. The Morgan fingerprint density at radius 2 is 1.76 bits per heavy atom. The van der Waals surface area contributed by atoms with Crippen LogP contribution in [0.2, 0.25) is 0 Å². The molecule has 0 spiro atoms. The summed E-state index contributed by atoms with van der Waals surface area (Å²) in [5.41, 5.74) is 3.15. The fourth-order valence-corrected chi connectivity index (χ4v) is 4.50. The number of ether oxygens (including phenoxy) is 2. The number of benzene rings is 2. The zero-order valence-electron chi connectivity index (χ0n) is 20.6. The van der Waals surface area contributed by atoms with Crippen LogP contribution in [0.4, 0.5) is 0 Å². The number of amides is 1. The molecule has 180 valence electrons. The highest BCUT2D eigenvalue weighted by molar-refractivity contribution is 6.46. The van der Waals surface area contributed by atoms with Crippen LogP contribution in [0.1, 0.15) is 68.8 Å². The molecule has 2 aromatic rings. The molecule has 0 bridgehead atoms. The summed E-state index contributed by atoms with van der Waals surface area (Å²) >= 11 is 0. The molecule has 0 radical (unpaired) electrons. The van der Waals surface area contributed by atoms with Crippen LogP contribution in [0, 0.1) is 6.92 Å². The predicted octanol–water partition coefficient (Wildman–Crippen LogP) is 5.29. The van der Waals surface area contributed by atoms with Gasteiger partial charge >= 0.3 is 0 Å². The smallest absolute Gasteiger partial charge is 0.295 e. The van der Waals surface area contributed by atoms with Crippen molar-refractivity contribution < 1.29 is 24.2 Å². The lowest BCUT2D eigenvalue weighted by Crippen LogP contribution is -2.30. The summed E-state index contributed by atoms with van der Waals surface area (Å²) in [6, 6.07) is 10.7. The van der Waals surface area contributed by atoms with E-state index in [9.17, 15) is 14.7 Å². The summed E-state index contributed by atoms with van der Waals surface area (Å²) in [5, 5.41) is 11.5. The summed E-state index contributed by atoms with van der Waals surface area (Å²) < 4.78 is 11.4. The van der Waals surface area contributed by atoms with Crippen LogP contribution in [-0.4, -0.2) is 41.5 Å². The van der Waals surface area contributed by atoms with Gasteiger partial charge in [-0.1, -0.05) is 52.3 Å². The molecule has 1 saturated heterocycles. The van der Waals surface area contributed by atoms with Crippen molar-refractivity contribution in [1.29, 1.82) is 0 Å². The fourth-order valence-electron chi connectivity index (χ4n) is 4.50. The summed E-state index contributed by atoms with van der Waals surface area (Å²) in [5.74, 6) is -0.167. The van der Waals surface area contributed by atoms with Gasteiger partial charge in [-0.05, 0) is 53.6 Å². The van der Waals surface area contributed by atoms with Gasteiger partial charge in [0.15, 0.2) is 11.5 Å². The number of hydrogen-bond acceptors (Lipinski definition) is 5. The Kier molecular flexibility index (Phi) is 6.43. The van der Waals surface area contributed by atoms with Crippen LogP contribution in [0.3, 0.4) is 0 Å². The molecule has 2 aliphatic rings. The lowest BCUT2D eigenvalue weighted by atomic mass is 9.84. The molecule has 1 unspecified atom stereocenters. The number of Topliss-reactive ketones (excluding diaryl/α,β-unsaturated/α-hetero) is 1. The van der Waals surface area contributed by atoms with Crippen molar-refractivity contribution in [3.05, 3.63) is 64.2 Å². The van der Waals surface area contributed by atoms with Crippen LogP contribution >= 0.6 is 0 Å². The number of carbonyl (C=O) groups is 2. The van der Waals surface area contributed by atoms with Crippen LogP contribution in [-0.2, 0) is 15.0 Å². The molecule has 0 saturated carbocycles. The van der Waals surface area contributed by atoms with Gasteiger partial charge < -0.3 is 19.5 Å². The quantitative estimate of drug-likeness (QED) is 0.371. The van der Waals surface area contributed by atoms with Gasteiger partial charge in [0.25, 0.3) is 11.7 Å². The Hall–Kier alpha value is -3.28. The SMILES string of the molecule is CCCCN1C(=O)C(=O)/C(=C(/O)c2cc(C(C)(C)C)ccc2C)C1c1ccc2c(c1)OCCO2. The van der Waals surface area contributed by atoms with E-state index in [0.29, 0.717) is 42.4 Å². The first kappa shape index (κ1) is 23.9. The molecule has 6 heteroatoms. The van der Waals surface area contributed by atoms with Gasteiger partial charge in [0.05, 0.1) is 11.6 Å². The standard InChI is InChI=1S/C28H33NO5/c1-6-7-12-29-24(18-9-11-21-22(15-18)34-14-13-33-21)23(26(31)27(29)32)25(30)20-16-19(28(3,4)5)10-8-17(20)2/h8-11,15-16,24,30H,6-7,12-14H2,1-5H3/b25-23+. The van der Waals surface area contributed by atoms with E-state index in [2.05, 4.69) is 20.8 Å². The van der Waals surface area contributed by atoms with Gasteiger partial charge in [-0.25, -0.2) is 0 Å². The van der Waals surface area contributed by atoms with E-state index >= 15 is 0 Å². The Morgan fingerprint density at radius 3 is 2.44 bits per heavy atom. The monoisotopic (exact) mass is 463 g/mol. The predicted molar refractivity (Wildman–Crippen MR) is 131 cm³/mol. The second-order valence-electron chi connectivity index (χ2n) is 10.0. The number of aliphatic hydroxyl groups excluding tert-OH is 1. The summed E-state index contributed by atoms with van der Waals surface area (Å²) in [7, 11) is 0. The first-order valence-corrected chi connectivity index (χ1v) is 11.9. The largest absolute Gasteiger partial charge is 0.507 e. The molecule has 34 heavy (non-hydrogen) atoms. The third-order valence-electron chi connectivity index (χ3n) is 6.53. The summed E-state index contributed by atoms with van der Waals surface area (Å²) in [6.07, 6.45) is 1.64. The average Bonchev–Trinajstić information content (AvgIpc) is 3.06. The maximum Gasteiger partial charge on any atom is 0.295 e. The van der Waals surface area contributed by atoms with Crippen molar-refractivity contribution in [3.63, 3.8) is 0 Å². The molecular weight excluding hydrogens is 430 g/mol. The summed E-state index contributed by atoms with van der Waals surface area (Å²) in [6.45, 7) is 11.6. The van der Waals surface area contributed by atoms with E-state index < -0.39 is 17.7 Å². The van der Waals surface area contributed by atoms with Crippen LogP contribution < -0.4 is 9.47 Å². The van der Waals surface area contributed by atoms with Crippen molar-refractivity contribution in [2.24, 2.45) is 0 Å². The summed E-state index contributed by atoms with van der Waals surface area (Å²) in [4.78, 5) is 28.0. The molecule has 0 aliphatic carbocycles. The number of aryl methyl sites for hydroxylation is 1. The van der Waals surface area contributed by atoms with E-state index in [4.69, 9.17) is 9.47 Å². The van der Waals surface area contributed by atoms with Gasteiger partial charge in [0, 0.05) is 12.1 Å². The van der Waals surface area contributed by atoms with Crippen molar-refractivity contribution in [2.75, 3.05) is 19.8 Å². The van der Waals surface area contributed by atoms with Crippen LogP contribution in [0.5, 0.6) is 11.5 Å². The zero-order valence-corrected chi connectivity index (χ0v) is 20.6. The Balaban J connectivity index is 1.89. The van der Waals surface area contributed by atoms with Crippen molar-refractivity contribution in [3.8, 4) is 11.5 Å². The second kappa shape index (κ2) is 9.16. The molecular formula is C28H33NO5. The van der Waals surface area contributed by atoms with Crippen molar-refractivity contribution in [1.82, 2.24) is 4.90 Å². The van der Waals surface area contributed by atoms with E-state index in [0.717, 1.165) is 24.0 Å². The lowest BCUT2D eigenvalue weighted by molar-refractivity contribution is -0.139. The second-order valence-corrected chi connectivity index (χ2v) is 10.0. The maximum atomic E-state index is 13.3. The molecule has 0 aromatic heterocycles. The number of nitrogens with zero attached hydrogens (tertiary/aromatic N) is 1.